The Morgan fingerprint density at radius 1 is 1.42 bits per heavy atom. The van der Waals surface area contributed by atoms with Crippen molar-refractivity contribution in [1.29, 1.82) is 0 Å². The summed E-state index contributed by atoms with van der Waals surface area (Å²) in [7, 11) is 0. The van der Waals surface area contributed by atoms with Crippen molar-refractivity contribution in [3.8, 4) is 0 Å². The highest BCUT2D eigenvalue weighted by Gasteiger charge is 2.08. The van der Waals surface area contributed by atoms with Gasteiger partial charge in [-0.2, -0.15) is 0 Å². The highest BCUT2D eigenvalue weighted by atomic mass is 32.2. The molecule has 19 heavy (non-hydrogen) atoms. The molecular weight excluding hydrogens is 272 g/mol. The smallest absolute Gasteiger partial charge is 0.269 e. The number of nitrogens with zero attached hydrogens (tertiary/aromatic N) is 1. The normalized spacial score (nSPS) is 11.9. The van der Waals surface area contributed by atoms with Crippen LogP contribution in [0.5, 0.6) is 0 Å². The molecular formula is C11H14N2O5S. The number of rotatable bonds is 7. The van der Waals surface area contributed by atoms with E-state index >= 15 is 0 Å². The molecule has 0 aliphatic carbocycles. The Bertz CT molecular complexity index is 437. The average molecular weight is 286 g/mol. The van der Waals surface area contributed by atoms with Crippen LogP contribution >= 0.6 is 11.8 Å². The minimum absolute atomic E-state index is 0.0431. The topological polar surface area (TPSA) is 113 Å². The molecule has 0 saturated carbocycles. The van der Waals surface area contributed by atoms with E-state index in [1.54, 1.807) is 0 Å². The lowest BCUT2D eigenvalue weighted by Gasteiger charge is -2.07. The van der Waals surface area contributed by atoms with Crippen molar-refractivity contribution in [1.82, 2.24) is 0 Å². The van der Waals surface area contributed by atoms with Crippen LogP contribution < -0.4 is 5.32 Å². The third kappa shape index (κ3) is 5.69. The number of nitro groups is 1. The van der Waals surface area contributed by atoms with Crippen molar-refractivity contribution in [2.24, 2.45) is 0 Å². The lowest BCUT2D eigenvalue weighted by molar-refractivity contribution is -0.384. The fraction of sp³-hybridized carbons (Fsp3) is 0.364. The van der Waals surface area contributed by atoms with Crippen molar-refractivity contribution < 1.29 is 19.9 Å². The lowest BCUT2D eigenvalue weighted by Crippen LogP contribution is -2.19. The standard InChI is InChI=1S/C11H14N2O5S/c14-5-10(15)6-19-7-11(16)12-8-1-3-9(4-2-8)13(17)18/h1-4,10,14-15H,5-7H2,(H,12,16). The van der Waals surface area contributed by atoms with E-state index < -0.39 is 11.0 Å². The fourth-order valence-electron chi connectivity index (χ4n) is 1.20. The predicted octanol–water partition coefficient (Wildman–Crippen LogP) is 0.620. The van der Waals surface area contributed by atoms with Gasteiger partial charge in [-0.3, -0.25) is 14.9 Å². The number of amides is 1. The Kier molecular flexibility index (Phi) is 6.26. The molecule has 1 atom stereocenters. The van der Waals surface area contributed by atoms with E-state index in [1.807, 2.05) is 0 Å². The Labute approximate surface area is 113 Å². The Hall–Kier alpha value is -1.64. The molecule has 0 spiro atoms. The van der Waals surface area contributed by atoms with Gasteiger partial charge in [0.25, 0.3) is 5.69 Å². The molecule has 7 nitrogen and oxygen atoms in total. The van der Waals surface area contributed by atoms with E-state index in [9.17, 15) is 14.9 Å². The van der Waals surface area contributed by atoms with Crippen molar-refractivity contribution in [2.75, 3.05) is 23.4 Å². The van der Waals surface area contributed by atoms with Crippen LogP contribution in [0.15, 0.2) is 24.3 Å². The number of benzene rings is 1. The molecule has 0 saturated heterocycles. The molecule has 3 N–H and O–H groups in total. The van der Waals surface area contributed by atoms with Gasteiger partial charge in [-0.25, -0.2) is 0 Å². The minimum atomic E-state index is -0.836. The molecule has 0 aliphatic rings. The van der Waals surface area contributed by atoms with Gasteiger partial charge in [0, 0.05) is 23.6 Å². The van der Waals surface area contributed by atoms with Gasteiger partial charge in [-0.1, -0.05) is 0 Å². The molecule has 1 rings (SSSR count). The van der Waals surface area contributed by atoms with Crippen LogP contribution in [-0.4, -0.2) is 45.3 Å². The first kappa shape index (κ1) is 15.4. The number of carbonyl (C=O) groups excluding carboxylic acids is 1. The summed E-state index contributed by atoms with van der Waals surface area (Å²) in [4.78, 5) is 21.4. The number of anilines is 1. The zero-order chi connectivity index (χ0) is 14.3. The second-order valence-corrected chi connectivity index (χ2v) is 4.73. The molecule has 0 fully saturated rings. The zero-order valence-electron chi connectivity index (χ0n) is 9.98. The van der Waals surface area contributed by atoms with Crippen LogP contribution in [0.4, 0.5) is 11.4 Å². The van der Waals surface area contributed by atoms with Crippen LogP contribution in [0.25, 0.3) is 0 Å². The van der Waals surface area contributed by atoms with E-state index in [0.29, 0.717) is 5.69 Å². The second kappa shape index (κ2) is 7.72. The molecule has 104 valence electrons. The Morgan fingerprint density at radius 2 is 2.05 bits per heavy atom. The van der Waals surface area contributed by atoms with Crippen molar-refractivity contribution in [2.45, 2.75) is 6.10 Å². The summed E-state index contributed by atoms with van der Waals surface area (Å²) in [6.45, 7) is -0.336. The third-order valence-corrected chi connectivity index (χ3v) is 3.20. The number of non-ortho nitro benzene ring substituents is 1. The maximum Gasteiger partial charge on any atom is 0.269 e. The maximum absolute atomic E-state index is 11.5. The number of aliphatic hydroxyl groups excluding tert-OH is 2. The molecule has 0 heterocycles. The molecule has 0 aromatic heterocycles. The SMILES string of the molecule is O=C(CSCC(O)CO)Nc1ccc([N+](=O)[O-])cc1. The zero-order valence-corrected chi connectivity index (χ0v) is 10.8. The largest absolute Gasteiger partial charge is 0.394 e. The van der Waals surface area contributed by atoms with E-state index in [0.717, 1.165) is 0 Å². The van der Waals surface area contributed by atoms with E-state index in [2.05, 4.69) is 5.32 Å². The number of carbonyl (C=O) groups is 1. The van der Waals surface area contributed by atoms with Gasteiger partial charge < -0.3 is 15.5 Å². The first-order chi connectivity index (χ1) is 9.02. The van der Waals surface area contributed by atoms with Crippen LogP contribution in [0.2, 0.25) is 0 Å². The van der Waals surface area contributed by atoms with Crippen LogP contribution in [0.1, 0.15) is 0 Å². The first-order valence-corrected chi connectivity index (χ1v) is 6.59. The summed E-state index contributed by atoms with van der Waals surface area (Å²) < 4.78 is 0. The van der Waals surface area contributed by atoms with Crippen molar-refractivity contribution >= 4 is 29.0 Å². The first-order valence-electron chi connectivity index (χ1n) is 5.44. The van der Waals surface area contributed by atoms with Gasteiger partial charge >= 0.3 is 0 Å². The molecule has 0 aliphatic heterocycles. The third-order valence-electron chi connectivity index (χ3n) is 2.12. The number of aliphatic hydroxyl groups is 2. The van der Waals surface area contributed by atoms with E-state index in [1.165, 1.54) is 36.0 Å². The van der Waals surface area contributed by atoms with Crippen LogP contribution in [0, 0.1) is 10.1 Å². The summed E-state index contributed by atoms with van der Waals surface area (Å²) in [6, 6.07) is 5.50. The molecule has 1 aromatic rings. The van der Waals surface area contributed by atoms with Gasteiger partial charge in [0.15, 0.2) is 0 Å². The molecule has 8 heteroatoms. The number of nitrogens with one attached hydrogen (secondary N) is 1. The summed E-state index contributed by atoms with van der Waals surface area (Å²) in [5.74, 6) is 0.127. The Morgan fingerprint density at radius 3 is 2.58 bits per heavy atom. The highest BCUT2D eigenvalue weighted by Crippen LogP contribution is 2.15. The van der Waals surface area contributed by atoms with Crippen molar-refractivity contribution in [3.05, 3.63) is 34.4 Å². The van der Waals surface area contributed by atoms with Crippen LogP contribution in [0.3, 0.4) is 0 Å². The quantitative estimate of drug-likeness (QED) is 0.500. The predicted molar refractivity (Wildman–Crippen MR) is 72.1 cm³/mol. The number of hydrogen-bond acceptors (Lipinski definition) is 6. The molecule has 0 bridgehead atoms. The molecule has 1 aromatic carbocycles. The minimum Gasteiger partial charge on any atom is -0.394 e. The maximum atomic E-state index is 11.5. The molecule has 1 unspecified atom stereocenters. The lowest BCUT2D eigenvalue weighted by atomic mass is 10.3. The van der Waals surface area contributed by atoms with E-state index in [-0.39, 0.29) is 29.7 Å². The second-order valence-electron chi connectivity index (χ2n) is 3.70. The fourth-order valence-corrected chi connectivity index (χ4v) is 1.96. The van der Waals surface area contributed by atoms with Gasteiger partial charge in [0.2, 0.25) is 5.91 Å². The molecule has 1 amide bonds. The van der Waals surface area contributed by atoms with Gasteiger partial charge in [0.05, 0.1) is 23.4 Å². The summed E-state index contributed by atoms with van der Waals surface area (Å²) >= 11 is 1.19. The van der Waals surface area contributed by atoms with Gasteiger partial charge in [-0.05, 0) is 12.1 Å². The van der Waals surface area contributed by atoms with Gasteiger partial charge in [0.1, 0.15) is 0 Å². The number of hydrogen-bond donors (Lipinski definition) is 3. The highest BCUT2D eigenvalue weighted by molar-refractivity contribution is 8.00. The summed E-state index contributed by atoms with van der Waals surface area (Å²) in [5.41, 5.74) is 0.428. The summed E-state index contributed by atoms with van der Waals surface area (Å²) in [6.07, 6.45) is -0.836. The van der Waals surface area contributed by atoms with Crippen LogP contribution in [-0.2, 0) is 4.79 Å². The number of nitro benzene ring substituents is 1. The monoisotopic (exact) mass is 286 g/mol. The summed E-state index contributed by atoms with van der Waals surface area (Å²) in [5, 5.41) is 30.7. The van der Waals surface area contributed by atoms with E-state index in [4.69, 9.17) is 10.2 Å². The Balaban J connectivity index is 2.38. The average Bonchev–Trinajstić information content (AvgIpc) is 2.39. The van der Waals surface area contributed by atoms with Gasteiger partial charge in [-0.15, -0.1) is 11.8 Å². The van der Waals surface area contributed by atoms with Crippen molar-refractivity contribution in [3.63, 3.8) is 0 Å². The number of thioether (sulfide) groups is 1. The molecule has 0 radical (unpaired) electrons.